The van der Waals surface area contributed by atoms with E-state index in [9.17, 15) is 0 Å². The van der Waals surface area contributed by atoms with Gasteiger partial charge in [-0.15, -0.1) is 104 Å². The molecule has 0 aromatic carbocycles. The quantitative estimate of drug-likeness (QED) is 0.450. The van der Waals surface area contributed by atoms with Crippen LogP contribution >= 0.6 is 104 Å². The fourth-order valence-electron chi connectivity index (χ4n) is 3.68. The maximum absolute atomic E-state index is 6.46. The third kappa shape index (κ3) is 1.94. The molecule has 1 unspecified atom stereocenters. The van der Waals surface area contributed by atoms with Gasteiger partial charge in [-0.3, -0.25) is 0 Å². The smallest absolute Gasteiger partial charge is 0.126 e. The predicted molar refractivity (Wildman–Crippen MR) is 88.4 cm³/mol. The van der Waals surface area contributed by atoms with E-state index >= 15 is 0 Å². The van der Waals surface area contributed by atoms with Gasteiger partial charge in [-0.25, -0.2) is 0 Å². The van der Waals surface area contributed by atoms with Crippen LogP contribution in [0.4, 0.5) is 0 Å². The molecule has 2 aliphatic carbocycles. The monoisotopic (exact) mass is 444 g/mol. The molecule has 2 aliphatic rings. The number of hydrogen-bond donors (Lipinski definition) is 0. The van der Waals surface area contributed by atoms with Gasteiger partial charge in [-0.2, -0.15) is 0 Å². The molecule has 2 fully saturated rings. The molecule has 2 bridgehead atoms. The largest absolute Gasteiger partial charge is 0.129 e. The Bertz CT molecular complexity index is 370. The minimum absolute atomic E-state index is 0.0684. The van der Waals surface area contributed by atoms with E-state index in [4.69, 9.17) is 104 Å². The normalized spacial score (nSPS) is 48.5. The minimum Gasteiger partial charge on any atom is -0.126 e. The molecule has 0 N–H and O–H groups in total. The fourth-order valence-corrected chi connectivity index (χ4v) is 9.10. The molecule has 9 heteroatoms. The second-order valence-electron chi connectivity index (χ2n) is 5.01. The Labute approximate surface area is 157 Å². The zero-order valence-corrected chi connectivity index (χ0v) is 16.0. The average molecular weight is 448 g/mol. The van der Waals surface area contributed by atoms with Crippen molar-refractivity contribution in [2.24, 2.45) is 16.7 Å². The van der Waals surface area contributed by atoms with Gasteiger partial charge in [0.2, 0.25) is 0 Å². The molecule has 0 nitrogen and oxygen atoms in total. The van der Waals surface area contributed by atoms with Crippen molar-refractivity contribution in [2.75, 3.05) is 5.88 Å². The summed E-state index contributed by atoms with van der Waals surface area (Å²) in [5, 5.41) is -1.13. The van der Waals surface area contributed by atoms with Crippen molar-refractivity contribution in [2.45, 2.75) is 31.2 Å². The molecule has 5 atom stereocenters. The number of rotatable bonds is 3. The lowest BCUT2D eigenvalue weighted by molar-refractivity contribution is 0.137. The van der Waals surface area contributed by atoms with Crippen molar-refractivity contribution in [3.63, 3.8) is 0 Å². The van der Waals surface area contributed by atoms with Crippen LogP contribution in [0.1, 0.15) is 6.42 Å². The molecule has 2 rings (SSSR count). The first-order valence-corrected chi connectivity index (χ1v) is 9.30. The maximum atomic E-state index is 6.46. The topological polar surface area (TPSA) is 0 Å². The summed E-state index contributed by atoms with van der Waals surface area (Å²) < 4.78 is -1.29. The highest BCUT2D eigenvalue weighted by Crippen LogP contribution is 2.79. The summed E-state index contributed by atoms with van der Waals surface area (Å²) >= 11 is 56.7. The zero-order valence-electron chi connectivity index (χ0n) is 9.20. The van der Waals surface area contributed by atoms with E-state index in [2.05, 4.69) is 0 Å². The Kier molecular flexibility index (Phi) is 5.30. The molecular formula is C10H9Cl9. The highest BCUT2D eigenvalue weighted by atomic mass is 35.5. The third-order valence-corrected chi connectivity index (χ3v) is 8.71. The Hall–Kier alpha value is 2.61. The first kappa shape index (κ1) is 18.0. The first-order valence-electron chi connectivity index (χ1n) is 5.39. The van der Waals surface area contributed by atoms with Crippen LogP contribution in [0, 0.1) is 16.7 Å². The van der Waals surface area contributed by atoms with Gasteiger partial charge in [0.15, 0.2) is 0 Å². The van der Waals surface area contributed by atoms with Crippen molar-refractivity contribution < 1.29 is 0 Å². The Morgan fingerprint density at radius 2 is 1.53 bits per heavy atom. The molecule has 0 aromatic heterocycles. The van der Waals surface area contributed by atoms with Gasteiger partial charge in [0.1, 0.15) is 14.0 Å². The molecule has 0 aliphatic heterocycles. The molecule has 2 saturated carbocycles. The number of halogens is 9. The van der Waals surface area contributed by atoms with Crippen LogP contribution in [-0.4, -0.2) is 30.6 Å². The molecule has 0 saturated heterocycles. The summed E-state index contributed by atoms with van der Waals surface area (Å²) in [5.74, 6) is -0.192. The van der Waals surface area contributed by atoms with Crippen LogP contribution in [0.25, 0.3) is 0 Å². The van der Waals surface area contributed by atoms with E-state index in [1.54, 1.807) is 0 Å². The standard InChI is InChI=1S/C10H9Cl9/c11-2-8(6(14)15)3-1-9(18,19)10(8,7(16)17)5(13)4(3)12/h3-7H,1-2H2/t3-,4+,5-,8+,10?/m0/s1. The molecule has 0 aromatic rings. The van der Waals surface area contributed by atoms with Crippen LogP contribution < -0.4 is 0 Å². The fraction of sp³-hybridized carbons (Fsp3) is 1.00. The maximum Gasteiger partial charge on any atom is 0.129 e. The van der Waals surface area contributed by atoms with E-state index in [1.165, 1.54) is 0 Å². The van der Waals surface area contributed by atoms with E-state index in [0.717, 1.165) is 0 Å². The third-order valence-electron chi connectivity index (χ3n) is 4.57. The van der Waals surface area contributed by atoms with Gasteiger partial charge in [0, 0.05) is 11.3 Å². The summed E-state index contributed by atoms with van der Waals surface area (Å²) in [7, 11) is 0. The Morgan fingerprint density at radius 1 is 1.00 bits per heavy atom. The van der Waals surface area contributed by atoms with Crippen molar-refractivity contribution in [3.8, 4) is 0 Å². The summed E-state index contributed by atoms with van der Waals surface area (Å²) in [6.45, 7) is 0. The van der Waals surface area contributed by atoms with E-state index in [0.29, 0.717) is 6.42 Å². The van der Waals surface area contributed by atoms with Crippen molar-refractivity contribution in [3.05, 3.63) is 0 Å². The Morgan fingerprint density at radius 3 is 1.84 bits per heavy atom. The van der Waals surface area contributed by atoms with E-state index in [-0.39, 0.29) is 11.8 Å². The summed E-state index contributed by atoms with van der Waals surface area (Å²) in [4.78, 5) is -1.89. The van der Waals surface area contributed by atoms with Gasteiger partial charge in [-0.1, -0.05) is 0 Å². The van der Waals surface area contributed by atoms with Crippen molar-refractivity contribution >= 4 is 104 Å². The molecule has 0 amide bonds. The predicted octanol–water partition coefficient (Wildman–Crippen LogP) is 6.23. The van der Waals surface area contributed by atoms with Crippen LogP contribution in [0.2, 0.25) is 0 Å². The lowest BCUT2D eigenvalue weighted by atomic mass is 9.69. The summed E-state index contributed by atoms with van der Waals surface area (Å²) in [6, 6.07) is 0. The lowest BCUT2D eigenvalue weighted by Gasteiger charge is -2.50. The van der Waals surface area contributed by atoms with Crippen molar-refractivity contribution in [1.29, 1.82) is 0 Å². The van der Waals surface area contributed by atoms with Gasteiger partial charge in [0.05, 0.1) is 16.2 Å². The molecule has 0 radical (unpaired) electrons. The lowest BCUT2D eigenvalue weighted by Crippen LogP contribution is -2.58. The first-order chi connectivity index (χ1) is 8.61. The minimum atomic E-state index is -1.29. The van der Waals surface area contributed by atoms with Gasteiger partial charge >= 0.3 is 0 Å². The molecule has 19 heavy (non-hydrogen) atoms. The van der Waals surface area contributed by atoms with E-state index in [1.807, 2.05) is 0 Å². The van der Waals surface area contributed by atoms with Gasteiger partial charge < -0.3 is 0 Å². The second-order valence-corrected chi connectivity index (χ2v) is 9.92. The summed E-state index contributed by atoms with van der Waals surface area (Å²) in [5.41, 5.74) is -2.12. The van der Waals surface area contributed by atoms with Crippen LogP contribution in [0.15, 0.2) is 0 Å². The highest BCUT2D eigenvalue weighted by Gasteiger charge is 2.84. The van der Waals surface area contributed by atoms with Crippen LogP contribution in [0.5, 0.6) is 0 Å². The molecule has 112 valence electrons. The van der Waals surface area contributed by atoms with Gasteiger partial charge in [0.25, 0.3) is 0 Å². The molecule has 0 heterocycles. The molecular weight excluding hydrogens is 439 g/mol. The van der Waals surface area contributed by atoms with E-state index < -0.39 is 35.6 Å². The zero-order chi connectivity index (χ0) is 14.8. The molecule has 0 spiro atoms. The van der Waals surface area contributed by atoms with Crippen LogP contribution in [0.3, 0.4) is 0 Å². The number of hydrogen-bond acceptors (Lipinski definition) is 0. The van der Waals surface area contributed by atoms with Crippen LogP contribution in [-0.2, 0) is 0 Å². The van der Waals surface area contributed by atoms with Crippen molar-refractivity contribution in [1.82, 2.24) is 0 Å². The SMILES string of the molecule is ClC[C@]1(C(Cl)Cl)[C@H]2CC(Cl)(Cl)C1(C(Cl)Cl)[C@@H](Cl)[C@@H]2Cl. The number of fused-ring (bicyclic) bond motifs is 2. The Balaban J connectivity index is 2.74. The second kappa shape index (κ2) is 5.60. The average Bonchev–Trinajstić information content (AvgIpc) is 2.62. The summed E-state index contributed by atoms with van der Waals surface area (Å²) in [6.07, 6.45) is 0.339. The number of alkyl halides is 9. The van der Waals surface area contributed by atoms with Gasteiger partial charge in [-0.05, 0) is 12.3 Å². The highest BCUT2D eigenvalue weighted by molar-refractivity contribution is 6.54.